The Bertz CT molecular complexity index is 885. The first-order chi connectivity index (χ1) is 12.5. The molecule has 0 aliphatic heterocycles. The Hall–Kier alpha value is -3.24. The lowest BCUT2D eigenvalue weighted by Crippen LogP contribution is -2.36. The van der Waals surface area contributed by atoms with E-state index < -0.39 is 11.8 Å². The number of anilines is 3. The molecule has 0 heterocycles. The Labute approximate surface area is 156 Å². The molecule has 2 aromatic carbocycles. The van der Waals surface area contributed by atoms with Crippen molar-refractivity contribution in [3.8, 4) is 6.07 Å². The topological polar surface area (TPSA) is 99.2 Å². The van der Waals surface area contributed by atoms with Crippen LogP contribution in [0.2, 0.25) is 0 Å². The largest absolute Gasteiger partial charge is 0.399 e. The lowest BCUT2D eigenvalue weighted by Gasteiger charge is -2.19. The number of imide groups is 1. The van der Waals surface area contributed by atoms with Gasteiger partial charge in [0.25, 0.3) is 5.91 Å². The molecule has 0 bridgehead atoms. The zero-order valence-electron chi connectivity index (χ0n) is 14.4. The van der Waals surface area contributed by atoms with Crippen LogP contribution in [0.5, 0.6) is 0 Å². The highest BCUT2D eigenvalue weighted by Crippen LogP contribution is 2.21. The van der Waals surface area contributed by atoms with Gasteiger partial charge in [0, 0.05) is 29.4 Å². The van der Waals surface area contributed by atoms with E-state index in [4.69, 9.17) is 5.73 Å². The van der Waals surface area contributed by atoms with Crippen molar-refractivity contribution >= 4 is 40.6 Å². The van der Waals surface area contributed by atoms with Gasteiger partial charge >= 0.3 is 0 Å². The number of nitrogen functional groups attached to an aromatic ring is 1. The molecule has 0 aromatic heterocycles. The number of hydrogen-bond donors (Lipinski definition) is 2. The van der Waals surface area contributed by atoms with Gasteiger partial charge in [-0.2, -0.15) is 5.26 Å². The molecule has 0 fully saturated rings. The van der Waals surface area contributed by atoms with Crippen molar-refractivity contribution in [1.82, 2.24) is 0 Å². The highest BCUT2D eigenvalue weighted by atomic mass is 32.2. The number of carbonyl (C=O) groups excluding carboxylic acids is 2. The van der Waals surface area contributed by atoms with Gasteiger partial charge in [0.1, 0.15) is 11.6 Å². The molecule has 26 heavy (non-hydrogen) atoms. The van der Waals surface area contributed by atoms with Crippen molar-refractivity contribution in [3.05, 3.63) is 60.3 Å². The molecule has 0 spiro atoms. The summed E-state index contributed by atoms with van der Waals surface area (Å²) in [5.41, 5.74) is 7.04. The summed E-state index contributed by atoms with van der Waals surface area (Å²) < 4.78 is 0. The minimum absolute atomic E-state index is 0.188. The monoisotopic (exact) mass is 366 g/mol. The van der Waals surface area contributed by atoms with Crippen LogP contribution in [0.3, 0.4) is 0 Å². The van der Waals surface area contributed by atoms with E-state index in [0.29, 0.717) is 11.4 Å². The van der Waals surface area contributed by atoms with Gasteiger partial charge in [-0.25, -0.2) is 4.90 Å². The van der Waals surface area contributed by atoms with E-state index in [1.165, 1.54) is 13.1 Å². The molecule has 0 aliphatic rings. The summed E-state index contributed by atoms with van der Waals surface area (Å²) in [6.07, 6.45) is 3.26. The van der Waals surface area contributed by atoms with Gasteiger partial charge in [-0.15, -0.1) is 11.8 Å². The van der Waals surface area contributed by atoms with E-state index in [0.717, 1.165) is 15.5 Å². The van der Waals surface area contributed by atoms with Gasteiger partial charge < -0.3 is 11.1 Å². The molecule has 3 N–H and O–H groups in total. The molecular formula is C19H18N4O2S. The highest BCUT2D eigenvalue weighted by Gasteiger charge is 2.23. The second-order valence-electron chi connectivity index (χ2n) is 5.30. The third-order valence-electron chi connectivity index (χ3n) is 3.47. The van der Waals surface area contributed by atoms with E-state index in [1.54, 1.807) is 36.0 Å². The average Bonchev–Trinajstić information content (AvgIpc) is 2.64. The zero-order chi connectivity index (χ0) is 19.1. The lowest BCUT2D eigenvalue weighted by molar-refractivity contribution is -0.123. The number of benzene rings is 2. The Morgan fingerprint density at radius 3 is 2.50 bits per heavy atom. The van der Waals surface area contributed by atoms with E-state index in [9.17, 15) is 14.9 Å². The Balaban J connectivity index is 2.28. The molecule has 2 amide bonds. The minimum Gasteiger partial charge on any atom is -0.399 e. The molecule has 132 valence electrons. The van der Waals surface area contributed by atoms with Crippen LogP contribution >= 0.6 is 11.8 Å². The van der Waals surface area contributed by atoms with Gasteiger partial charge in [0.2, 0.25) is 5.91 Å². The van der Waals surface area contributed by atoms with Gasteiger partial charge in [-0.3, -0.25) is 9.59 Å². The smallest absolute Gasteiger partial charge is 0.277 e. The molecule has 0 saturated carbocycles. The maximum atomic E-state index is 12.7. The third kappa shape index (κ3) is 4.65. The summed E-state index contributed by atoms with van der Waals surface area (Å²) in [4.78, 5) is 26.6. The first-order valence-electron chi connectivity index (χ1n) is 7.67. The van der Waals surface area contributed by atoms with Gasteiger partial charge in [0.15, 0.2) is 0 Å². The number of carbonyl (C=O) groups is 2. The summed E-state index contributed by atoms with van der Waals surface area (Å²) in [7, 11) is 0. The molecule has 6 nitrogen and oxygen atoms in total. The SMILES string of the molecule is CSc1cccc(N/C=C(/C#N)C(=O)N(C(C)=O)c2ccc(N)cc2)c1. The van der Waals surface area contributed by atoms with E-state index in [-0.39, 0.29) is 5.57 Å². The number of nitrogens with zero attached hydrogens (tertiary/aromatic N) is 2. The average molecular weight is 366 g/mol. The Morgan fingerprint density at radius 1 is 1.23 bits per heavy atom. The summed E-state index contributed by atoms with van der Waals surface area (Å²) >= 11 is 1.58. The first kappa shape index (κ1) is 19.1. The lowest BCUT2D eigenvalue weighted by atomic mass is 10.2. The van der Waals surface area contributed by atoms with Crippen molar-refractivity contribution < 1.29 is 9.59 Å². The van der Waals surface area contributed by atoms with Crippen molar-refractivity contribution in [3.63, 3.8) is 0 Å². The molecule has 2 aromatic rings. The maximum absolute atomic E-state index is 12.7. The van der Waals surface area contributed by atoms with Crippen molar-refractivity contribution in [2.75, 3.05) is 22.2 Å². The first-order valence-corrected chi connectivity index (χ1v) is 8.90. The van der Waals surface area contributed by atoms with Crippen LogP contribution in [0.4, 0.5) is 17.1 Å². The molecule has 0 unspecified atom stereocenters. The van der Waals surface area contributed by atoms with Gasteiger partial charge in [0.05, 0.1) is 5.69 Å². The third-order valence-corrected chi connectivity index (χ3v) is 4.20. The zero-order valence-corrected chi connectivity index (χ0v) is 15.2. The number of nitrogens with one attached hydrogen (secondary N) is 1. The van der Waals surface area contributed by atoms with Crippen LogP contribution in [0.25, 0.3) is 0 Å². The van der Waals surface area contributed by atoms with Crippen molar-refractivity contribution in [1.29, 1.82) is 5.26 Å². The van der Waals surface area contributed by atoms with Crippen molar-refractivity contribution in [2.45, 2.75) is 11.8 Å². The number of amides is 2. The summed E-state index contributed by atoms with van der Waals surface area (Å²) in [6, 6.07) is 15.6. The number of nitrogens with two attached hydrogens (primary N) is 1. The van der Waals surface area contributed by atoms with Crippen LogP contribution in [0, 0.1) is 11.3 Å². The number of thioether (sulfide) groups is 1. The number of hydrogen-bond acceptors (Lipinski definition) is 6. The fourth-order valence-corrected chi connectivity index (χ4v) is 2.66. The molecule has 0 aliphatic carbocycles. The minimum atomic E-state index is -0.710. The van der Waals surface area contributed by atoms with Crippen LogP contribution in [-0.2, 0) is 9.59 Å². The summed E-state index contributed by atoms with van der Waals surface area (Å²) in [6.45, 7) is 1.26. The van der Waals surface area contributed by atoms with E-state index in [1.807, 2.05) is 36.6 Å². The second kappa shape index (κ2) is 8.74. The number of rotatable bonds is 5. The van der Waals surface area contributed by atoms with Crippen molar-refractivity contribution in [2.24, 2.45) is 0 Å². The van der Waals surface area contributed by atoms with Crippen LogP contribution in [0.1, 0.15) is 6.92 Å². The van der Waals surface area contributed by atoms with Crippen LogP contribution in [-0.4, -0.2) is 18.1 Å². The molecule has 0 atom stereocenters. The van der Waals surface area contributed by atoms with Gasteiger partial charge in [-0.05, 0) is 48.7 Å². The number of nitriles is 1. The standard InChI is InChI=1S/C19H18N4O2S/c1-13(24)23(17-8-6-15(21)7-9-17)19(25)14(11-20)12-22-16-4-3-5-18(10-16)26-2/h3-10,12,22H,21H2,1-2H3/b14-12-. The Kier molecular flexibility index (Phi) is 6.42. The molecular weight excluding hydrogens is 348 g/mol. The Morgan fingerprint density at radius 2 is 1.92 bits per heavy atom. The molecule has 2 rings (SSSR count). The van der Waals surface area contributed by atoms with E-state index >= 15 is 0 Å². The quantitative estimate of drug-likeness (QED) is 0.364. The molecule has 0 saturated heterocycles. The summed E-state index contributed by atoms with van der Waals surface area (Å²) in [5.74, 6) is -1.21. The fourth-order valence-electron chi connectivity index (χ4n) is 2.20. The second-order valence-corrected chi connectivity index (χ2v) is 6.18. The maximum Gasteiger partial charge on any atom is 0.277 e. The molecule has 0 radical (unpaired) electrons. The normalized spacial score (nSPS) is 10.7. The highest BCUT2D eigenvalue weighted by molar-refractivity contribution is 7.98. The van der Waals surface area contributed by atoms with Gasteiger partial charge in [-0.1, -0.05) is 6.07 Å². The van der Waals surface area contributed by atoms with Crippen LogP contribution in [0.15, 0.2) is 65.2 Å². The fraction of sp³-hybridized carbons (Fsp3) is 0.105. The summed E-state index contributed by atoms with van der Waals surface area (Å²) in [5, 5.41) is 12.3. The predicted octanol–water partition coefficient (Wildman–Crippen LogP) is 3.39. The van der Waals surface area contributed by atoms with E-state index in [2.05, 4.69) is 5.32 Å². The molecule has 7 heteroatoms. The van der Waals surface area contributed by atoms with Crippen LogP contribution < -0.4 is 16.0 Å². The predicted molar refractivity (Wildman–Crippen MR) is 105 cm³/mol.